The highest BCUT2D eigenvalue weighted by atomic mass is 35.5. The summed E-state index contributed by atoms with van der Waals surface area (Å²) < 4.78 is 28.3. The van der Waals surface area contributed by atoms with E-state index < -0.39 is 36.3 Å². The fraction of sp³-hybridized carbons (Fsp3) is 0.258. The van der Waals surface area contributed by atoms with E-state index in [0.29, 0.717) is 5.75 Å². The predicted molar refractivity (Wildman–Crippen MR) is 156 cm³/mol. The summed E-state index contributed by atoms with van der Waals surface area (Å²) in [6.07, 6.45) is -2.65. The van der Waals surface area contributed by atoms with E-state index in [9.17, 15) is 10.2 Å². The number of alkyl halides is 1. The summed E-state index contributed by atoms with van der Waals surface area (Å²) in [6, 6.07) is 27.4. The van der Waals surface area contributed by atoms with Crippen LogP contribution in [0.4, 0.5) is 10.3 Å². The summed E-state index contributed by atoms with van der Waals surface area (Å²) in [5.74, 6) is 0.850. The fourth-order valence-corrected chi connectivity index (χ4v) is 5.79. The molecule has 3 heterocycles. The first-order valence-corrected chi connectivity index (χ1v) is 13.7. The number of aliphatic hydroxyl groups excluding tert-OH is 2. The van der Waals surface area contributed by atoms with Crippen molar-refractivity contribution in [2.45, 2.75) is 36.6 Å². The number of nitrogens with zero attached hydrogens (tertiary/aromatic N) is 4. The molecule has 0 saturated carbocycles. The number of rotatable bonds is 8. The Labute approximate surface area is 246 Å². The van der Waals surface area contributed by atoms with E-state index in [0.717, 1.165) is 16.7 Å². The zero-order chi connectivity index (χ0) is 29.5. The Balaban J connectivity index is 1.54. The summed E-state index contributed by atoms with van der Waals surface area (Å²) in [7, 11) is 1.61. The molecular weight excluding hydrogens is 561 g/mol. The summed E-state index contributed by atoms with van der Waals surface area (Å²) in [5.41, 5.74) is -0.128. The second-order valence-electron chi connectivity index (χ2n) is 10.3. The average Bonchev–Trinajstić information content (AvgIpc) is 3.54. The topological polar surface area (TPSA) is 115 Å². The molecule has 0 amide bonds. The summed E-state index contributed by atoms with van der Waals surface area (Å²) in [5, 5.41) is 23.7. The van der Waals surface area contributed by atoms with Crippen LogP contribution in [-0.4, -0.2) is 61.3 Å². The third-order valence-electron chi connectivity index (χ3n) is 7.76. The van der Waals surface area contributed by atoms with Gasteiger partial charge in [-0.1, -0.05) is 84.4 Å². The van der Waals surface area contributed by atoms with Crippen molar-refractivity contribution in [1.82, 2.24) is 19.5 Å². The number of hydrogen-bond acceptors (Lipinski definition) is 8. The van der Waals surface area contributed by atoms with Crippen molar-refractivity contribution in [1.29, 1.82) is 0 Å². The number of halogens is 2. The van der Waals surface area contributed by atoms with Crippen LogP contribution >= 0.6 is 11.6 Å². The molecule has 2 aromatic heterocycles. The first-order valence-electron chi connectivity index (χ1n) is 13.4. The highest BCUT2D eigenvalue weighted by Gasteiger charge is 2.55. The normalized spacial score (nSPS) is 22.4. The number of methoxy groups -OCH3 is 1. The molecule has 6 rings (SSSR count). The molecule has 0 radical (unpaired) electrons. The average molecular weight is 590 g/mol. The third kappa shape index (κ3) is 4.57. The number of imidazole rings is 1. The molecule has 1 aliphatic rings. The van der Waals surface area contributed by atoms with E-state index in [4.69, 9.17) is 26.1 Å². The Morgan fingerprint density at radius 3 is 2.14 bits per heavy atom. The Hall–Kier alpha value is -4.09. The van der Waals surface area contributed by atoms with E-state index in [1.807, 2.05) is 84.9 Å². The predicted octanol–water partition coefficient (Wildman–Crippen LogP) is 4.87. The lowest BCUT2D eigenvalue weighted by Crippen LogP contribution is -2.40. The van der Waals surface area contributed by atoms with Gasteiger partial charge in [-0.2, -0.15) is 9.97 Å². The van der Waals surface area contributed by atoms with E-state index in [1.54, 1.807) is 7.11 Å². The molecule has 4 atom stereocenters. The second kappa shape index (κ2) is 11.0. The van der Waals surface area contributed by atoms with Crippen LogP contribution in [0.25, 0.3) is 11.2 Å². The number of fused-ring (bicyclic) bond motifs is 1. The van der Waals surface area contributed by atoms with Crippen molar-refractivity contribution in [3.05, 3.63) is 113 Å². The molecule has 0 spiro atoms. The van der Waals surface area contributed by atoms with Crippen LogP contribution in [0.5, 0.6) is 5.75 Å². The maximum absolute atomic E-state index is 15.8. The summed E-state index contributed by atoms with van der Waals surface area (Å²) in [6.45, 7) is 0.663. The van der Waals surface area contributed by atoms with Gasteiger partial charge in [0.1, 0.15) is 29.0 Å². The maximum atomic E-state index is 15.8. The molecule has 0 unspecified atom stereocenters. The van der Waals surface area contributed by atoms with E-state index >= 15 is 4.39 Å². The van der Waals surface area contributed by atoms with Crippen molar-refractivity contribution < 1.29 is 24.1 Å². The molecule has 9 nitrogen and oxygen atoms in total. The molecule has 0 bridgehead atoms. The van der Waals surface area contributed by atoms with Crippen molar-refractivity contribution >= 4 is 28.7 Å². The molecule has 11 heteroatoms. The highest BCUT2D eigenvalue weighted by Crippen LogP contribution is 2.44. The van der Waals surface area contributed by atoms with E-state index in [-0.39, 0.29) is 22.3 Å². The number of aliphatic hydroxyl groups is 2. The van der Waals surface area contributed by atoms with Gasteiger partial charge in [0.15, 0.2) is 22.7 Å². The monoisotopic (exact) mass is 589 g/mol. The van der Waals surface area contributed by atoms with E-state index in [1.165, 1.54) is 17.8 Å². The van der Waals surface area contributed by atoms with Crippen molar-refractivity contribution in [2.75, 3.05) is 19.0 Å². The molecule has 216 valence electrons. The van der Waals surface area contributed by atoms with Crippen LogP contribution in [0.1, 0.15) is 29.8 Å². The Morgan fingerprint density at radius 2 is 1.60 bits per heavy atom. The molecule has 42 heavy (non-hydrogen) atoms. The Bertz CT molecular complexity index is 1650. The first-order chi connectivity index (χ1) is 20.3. The van der Waals surface area contributed by atoms with Gasteiger partial charge in [0.25, 0.3) is 0 Å². The molecule has 1 saturated heterocycles. The van der Waals surface area contributed by atoms with Crippen LogP contribution in [0.2, 0.25) is 5.15 Å². The number of benzene rings is 3. The minimum atomic E-state index is -2.24. The molecule has 5 aromatic rings. The Kier molecular flexibility index (Phi) is 7.32. The minimum absolute atomic E-state index is 0.0452. The summed E-state index contributed by atoms with van der Waals surface area (Å²) >= 11 is 6.64. The van der Waals surface area contributed by atoms with Gasteiger partial charge in [0.2, 0.25) is 5.95 Å². The number of ether oxygens (including phenoxy) is 2. The standard InChI is InChI=1S/C31H29ClFN5O4/c1-30(33)25(40)23(17-39)42-28(30)38-18-34-24-26(32)35-29(36-27(24)38)37-31(19-9-5-3-6-10-19,20-11-7-4-8-12-20)21-13-15-22(41-2)16-14-21/h3-16,18,23,25,28,39-40H,17H2,1-2H3,(H,35,36,37)/t23-,25-,28-,30-/m1/s1. The number of nitrogens with one attached hydrogen (secondary N) is 1. The van der Waals surface area contributed by atoms with Crippen LogP contribution < -0.4 is 10.1 Å². The zero-order valence-corrected chi connectivity index (χ0v) is 23.6. The van der Waals surface area contributed by atoms with Gasteiger partial charge in [0.05, 0.1) is 20.0 Å². The molecule has 1 aliphatic heterocycles. The SMILES string of the molecule is COc1ccc(C(Nc2nc(Cl)c3ncn([C@@H]4O[C@H](CO)[C@@H](O)[C@@]4(C)F)c3n2)(c2ccccc2)c2ccccc2)cc1. The number of anilines is 1. The van der Waals surface area contributed by atoms with Gasteiger partial charge in [0, 0.05) is 0 Å². The van der Waals surface area contributed by atoms with Gasteiger partial charge in [-0.15, -0.1) is 0 Å². The van der Waals surface area contributed by atoms with Gasteiger partial charge in [-0.25, -0.2) is 9.37 Å². The zero-order valence-electron chi connectivity index (χ0n) is 22.9. The van der Waals surface area contributed by atoms with Crippen molar-refractivity contribution in [2.24, 2.45) is 0 Å². The fourth-order valence-electron chi connectivity index (χ4n) is 5.57. The molecule has 1 fully saturated rings. The van der Waals surface area contributed by atoms with Gasteiger partial charge < -0.3 is 25.0 Å². The molecular formula is C31H29ClFN5O4. The lowest BCUT2D eigenvalue weighted by molar-refractivity contribution is -0.0566. The molecule has 3 N–H and O–H groups in total. The third-order valence-corrected chi connectivity index (χ3v) is 8.03. The lowest BCUT2D eigenvalue weighted by Gasteiger charge is -2.37. The van der Waals surface area contributed by atoms with Crippen LogP contribution in [-0.2, 0) is 10.3 Å². The van der Waals surface area contributed by atoms with E-state index in [2.05, 4.69) is 15.3 Å². The van der Waals surface area contributed by atoms with Crippen LogP contribution in [0, 0.1) is 0 Å². The van der Waals surface area contributed by atoms with Gasteiger partial charge in [-0.05, 0) is 35.7 Å². The van der Waals surface area contributed by atoms with Crippen LogP contribution in [0.15, 0.2) is 91.3 Å². The van der Waals surface area contributed by atoms with Gasteiger partial charge in [-0.3, -0.25) is 4.57 Å². The Morgan fingerprint density at radius 1 is 1.00 bits per heavy atom. The highest BCUT2D eigenvalue weighted by molar-refractivity contribution is 6.33. The largest absolute Gasteiger partial charge is 0.497 e. The number of aromatic nitrogens is 4. The summed E-state index contributed by atoms with van der Waals surface area (Å²) in [4.78, 5) is 13.6. The van der Waals surface area contributed by atoms with Crippen molar-refractivity contribution in [3.63, 3.8) is 0 Å². The quantitative estimate of drug-likeness (QED) is 0.173. The minimum Gasteiger partial charge on any atom is -0.497 e. The smallest absolute Gasteiger partial charge is 0.227 e. The number of hydrogen-bond donors (Lipinski definition) is 3. The second-order valence-corrected chi connectivity index (χ2v) is 10.7. The van der Waals surface area contributed by atoms with Crippen molar-refractivity contribution in [3.8, 4) is 5.75 Å². The maximum Gasteiger partial charge on any atom is 0.227 e. The molecule has 0 aliphatic carbocycles. The lowest BCUT2D eigenvalue weighted by atomic mass is 9.77. The van der Waals surface area contributed by atoms with Crippen LogP contribution in [0.3, 0.4) is 0 Å². The van der Waals surface area contributed by atoms with Gasteiger partial charge >= 0.3 is 0 Å². The molecule has 3 aromatic carbocycles. The first kappa shape index (κ1) is 28.0.